The van der Waals surface area contributed by atoms with E-state index in [2.05, 4.69) is 9.97 Å². The van der Waals surface area contributed by atoms with Crippen LogP contribution < -0.4 is 4.74 Å². The van der Waals surface area contributed by atoms with Gasteiger partial charge in [0.1, 0.15) is 11.6 Å². The standard InChI is InChI=1S/C14H11ClN2O/c1-18-13-7-6-9(8-10(13)15)14-16-11-4-2-3-5-12(11)17-14/h2-8H,1H3,(H,16,17). The SMILES string of the molecule is COc1ccc(-c2nc3ccccc3[nH]2)cc1Cl. The third-order valence-corrected chi connectivity index (χ3v) is 3.11. The number of H-pyrrole nitrogens is 1. The summed E-state index contributed by atoms with van der Waals surface area (Å²) in [5.41, 5.74) is 2.90. The van der Waals surface area contributed by atoms with Gasteiger partial charge in [-0.05, 0) is 30.3 Å². The van der Waals surface area contributed by atoms with E-state index in [0.29, 0.717) is 10.8 Å². The zero-order valence-electron chi connectivity index (χ0n) is 9.77. The van der Waals surface area contributed by atoms with E-state index >= 15 is 0 Å². The number of aromatic nitrogens is 2. The minimum absolute atomic E-state index is 0.579. The molecule has 0 amide bonds. The van der Waals surface area contributed by atoms with Crippen LogP contribution in [0.2, 0.25) is 5.02 Å². The molecule has 0 fully saturated rings. The van der Waals surface area contributed by atoms with E-state index in [-0.39, 0.29) is 0 Å². The Morgan fingerprint density at radius 2 is 2.00 bits per heavy atom. The molecule has 3 aromatic rings. The number of hydrogen-bond donors (Lipinski definition) is 1. The first kappa shape index (κ1) is 11.1. The second-order valence-corrected chi connectivity index (χ2v) is 4.36. The molecule has 18 heavy (non-hydrogen) atoms. The molecule has 0 bridgehead atoms. The number of ether oxygens (including phenoxy) is 1. The Morgan fingerprint density at radius 1 is 1.17 bits per heavy atom. The lowest BCUT2D eigenvalue weighted by molar-refractivity contribution is 0.415. The first-order chi connectivity index (χ1) is 8.78. The lowest BCUT2D eigenvalue weighted by Crippen LogP contribution is -1.86. The van der Waals surface area contributed by atoms with Gasteiger partial charge < -0.3 is 9.72 Å². The number of aromatic amines is 1. The summed E-state index contributed by atoms with van der Waals surface area (Å²) in [6.07, 6.45) is 0. The van der Waals surface area contributed by atoms with Crippen molar-refractivity contribution < 1.29 is 4.74 Å². The van der Waals surface area contributed by atoms with E-state index in [4.69, 9.17) is 16.3 Å². The number of halogens is 1. The van der Waals surface area contributed by atoms with Gasteiger partial charge in [-0.3, -0.25) is 0 Å². The van der Waals surface area contributed by atoms with Crippen molar-refractivity contribution in [2.75, 3.05) is 7.11 Å². The molecule has 0 aliphatic carbocycles. The normalized spacial score (nSPS) is 10.8. The molecular formula is C14H11ClN2O. The summed E-state index contributed by atoms with van der Waals surface area (Å²) in [4.78, 5) is 7.79. The fourth-order valence-electron chi connectivity index (χ4n) is 1.90. The van der Waals surface area contributed by atoms with E-state index in [0.717, 1.165) is 22.4 Å². The Bertz CT molecular complexity index is 673. The highest BCUT2D eigenvalue weighted by molar-refractivity contribution is 6.32. The number of para-hydroxylation sites is 2. The van der Waals surface area contributed by atoms with Gasteiger partial charge in [-0.15, -0.1) is 0 Å². The maximum atomic E-state index is 6.11. The summed E-state index contributed by atoms with van der Waals surface area (Å²) in [5, 5.41) is 0.579. The summed E-state index contributed by atoms with van der Waals surface area (Å²) < 4.78 is 5.13. The van der Waals surface area contributed by atoms with Crippen LogP contribution in [0.15, 0.2) is 42.5 Å². The highest BCUT2D eigenvalue weighted by Gasteiger charge is 2.07. The zero-order chi connectivity index (χ0) is 12.5. The monoisotopic (exact) mass is 258 g/mol. The van der Waals surface area contributed by atoms with Gasteiger partial charge in [-0.2, -0.15) is 0 Å². The maximum absolute atomic E-state index is 6.11. The van der Waals surface area contributed by atoms with Crippen molar-refractivity contribution >= 4 is 22.6 Å². The van der Waals surface area contributed by atoms with Gasteiger partial charge in [0, 0.05) is 5.56 Å². The second kappa shape index (κ2) is 4.35. The molecule has 0 spiro atoms. The van der Waals surface area contributed by atoms with Gasteiger partial charge in [-0.25, -0.2) is 4.98 Å². The van der Waals surface area contributed by atoms with Crippen LogP contribution >= 0.6 is 11.6 Å². The first-order valence-corrected chi connectivity index (χ1v) is 5.94. The summed E-state index contributed by atoms with van der Waals surface area (Å²) >= 11 is 6.11. The molecule has 0 atom stereocenters. The molecule has 0 saturated carbocycles. The van der Waals surface area contributed by atoms with Crippen molar-refractivity contribution in [1.82, 2.24) is 9.97 Å². The van der Waals surface area contributed by atoms with Crippen LogP contribution in [0.3, 0.4) is 0 Å². The van der Waals surface area contributed by atoms with Crippen molar-refractivity contribution in [1.29, 1.82) is 0 Å². The van der Waals surface area contributed by atoms with E-state index < -0.39 is 0 Å². The van der Waals surface area contributed by atoms with Crippen molar-refractivity contribution in [2.45, 2.75) is 0 Å². The summed E-state index contributed by atoms with van der Waals surface area (Å²) in [5.74, 6) is 1.47. The molecule has 0 aliphatic heterocycles. The Kier molecular flexibility index (Phi) is 2.68. The van der Waals surface area contributed by atoms with Crippen molar-refractivity contribution in [2.24, 2.45) is 0 Å². The van der Waals surface area contributed by atoms with Crippen molar-refractivity contribution in [3.63, 3.8) is 0 Å². The summed E-state index contributed by atoms with van der Waals surface area (Å²) in [6.45, 7) is 0. The first-order valence-electron chi connectivity index (χ1n) is 5.56. The summed E-state index contributed by atoms with van der Waals surface area (Å²) in [7, 11) is 1.60. The predicted octanol–water partition coefficient (Wildman–Crippen LogP) is 3.89. The molecule has 0 radical (unpaired) electrons. The largest absolute Gasteiger partial charge is 0.495 e. The third kappa shape index (κ3) is 1.83. The molecule has 4 heteroatoms. The number of rotatable bonds is 2. The highest BCUT2D eigenvalue weighted by Crippen LogP contribution is 2.29. The maximum Gasteiger partial charge on any atom is 0.138 e. The van der Waals surface area contributed by atoms with E-state index in [9.17, 15) is 0 Å². The number of hydrogen-bond acceptors (Lipinski definition) is 2. The van der Waals surface area contributed by atoms with E-state index in [1.54, 1.807) is 7.11 Å². The number of nitrogens with zero attached hydrogens (tertiary/aromatic N) is 1. The predicted molar refractivity (Wildman–Crippen MR) is 73.1 cm³/mol. The number of nitrogens with one attached hydrogen (secondary N) is 1. The van der Waals surface area contributed by atoms with Crippen LogP contribution in [0.25, 0.3) is 22.4 Å². The van der Waals surface area contributed by atoms with Gasteiger partial charge in [-0.1, -0.05) is 23.7 Å². The van der Waals surface area contributed by atoms with Crippen LogP contribution in [-0.4, -0.2) is 17.1 Å². The molecule has 1 aromatic heterocycles. The molecule has 3 rings (SSSR count). The molecule has 1 heterocycles. The van der Waals surface area contributed by atoms with Crippen LogP contribution in [0, 0.1) is 0 Å². The van der Waals surface area contributed by atoms with Crippen molar-refractivity contribution in [3.05, 3.63) is 47.5 Å². The second-order valence-electron chi connectivity index (χ2n) is 3.95. The molecule has 0 unspecified atom stereocenters. The topological polar surface area (TPSA) is 37.9 Å². The molecule has 1 N–H and O–H groups in total. The van der Waals surface area contributed by atoms with Crippen LogP contribution in [0.1, 0.15) is 0 Å². The van der Waals surface area contributed by atoms with Gasteiger partial charge in [0.25, 0.3) is 0 Å². The van der Waals surface area contributed by atoms with Gasteiger partial charge in [0.2, 0.25) is 0 Å². The third-order valence-electron chi connectivity index (χ3n) is 2.81. The summed E-state index contributed by atoms with van der Waals surface area (Å²) in [6, 6.07) is 13.5. The fourth-order valence-corrected chi connectivity index (χ4v) is 2.16. The molecular weight excluding hydrogens is 248 g/mol. The number of benzene rings is 2. The lowest BCUT2D eigenvalue weighted by Gasteiger charge is -2.03. The molecule has 2 aromatic carbocycles. The quantitative estimate of drug-likeness (QED) is 0.757. The Morgan fingerprint density at radius 3 is 2.72 bits per heavy atom. The average molecular weight is 259 g/mol. The fraction of sp³-hybridized carbons (Fsp3) is 0.0714. The average Bonchev–Trinajstić information content (AvgIpc) is 2.82. The number of imidazole rings is 1. The number of fused-ring (bicyclic) bond motifs is 1. The van der Waals surface area contributed by atoms with Crippen LogP contribution in [0.5, 0.6) is 5.75 Å². The Hall–Kier alpha value is -2.00. The molecule has 0 saturated heterocycles. The smallest absolute Gasteiger partial charge is 0.138 e. The van der Waals surface area contributed by atoms with Crippen molar-refractivity contribution in [3.8, 4) is 17.1 Å². The van der Waals surface area contributed by atoms with E-state index in [1.165, 1.54) is 0 Å². The van der Waals surface area contributed by atoms with Crippen LogP contribution in [-0.2, 0) is 0 Å². The highest BCUT2D eigenvalue weighted by atomic mass is 35.5. The lowest BCUT2D eigenvalue weighted by atomic mass is 10.2. The minimum Gasteiger partial charge on any atom is -0.495 e. The number of methoxy groups -OCH3 is 1. The van der Waals surface area contributed by atoms with Gasteiger partial charge in [0.05, 0.1) is 23.2 Å². The van der Waals surface area contributed by atoms with Gasteiger partial charge in [0.15, 0.2) is 0 Å². The minimum atomic E-state index is 0.579. The molecule has 90 valence electrons. The van der Waals surface area contributed by atoms with E-state index in [1.807, 2.05) is 42.5 Å². The molecule has 0 aliphatic rings. The van der Waals surface area contributed by atoms with Crippen LogP contribution in [0.4, 0.5) is 0 Å². The Labute approximate surface area is 109 Å². The zero-order valence-corrected chi connectivity index (χ0v) is 10.5. The molecule has 3 nitrogen and oxygen atoms in total. The van der Waals surface area contributed by atoms with Gasteiger partial charge >= 0.3 is 0 Å². The Balaban J connectivity index is 2.11.